The first-order valence-electron chi connectivity index (χ1n) is 6.41. The molecular weight excluding hydrogens is 275 g/mol. The van der Waals surface area contributed by atoms with Crippen LogP contribution in [0.3, 0.4) is 0 Å². The van der Waals surface area contributed by atoms with E-state index in [4.69, 9.17) is 5.11 Å². The highest BCUT2D eigenvalue weighted by molar-refractivity contribution is 5.70. The molecule has 0 saturated heterocycles. The van der Waals surface area contributed by atoms with Crippen molar-refractivity contribution in [1.82, 2.24) is 9.55 Å². The van der Waals surface area contributed by atoms with Crippen LogP contribution in [0.25, 0.3) is 0 Å². The van der Waals surface area contributed by atoms with Crippen LogP contribution in [0, 0.1) is 19.7 Å². The zero-order chi connectivity index (χ0) is 15.6. The maximum atomic E-state index is 12.9. The van der Waals surface area contributed by atoms with Gasteiger partial charge in [-0.15, -0.1) is 0 Å². The van der Waals surface area contributed by atoms with E-state index >= 15 is 0 Å². The third kappa shape index (κ3) is 3.34. The minimum atomic E-state index is -0.977. The summed E-state index contributed by atoms with van der Waals surface area (Å²) in [4.78, 5) is 26.8. The molecule has 1 heterocycles. The highest BCUT2D eigenvalue weighted by atomic mass is 19.1. The van der Waals surface area contributed by atoms with E-state index in [2.05, 4.69) is 4.98 Å². The summed E-state index contributed by atoms with van der Waals surface area (Å²) in [6, 6.07) is 5.79. The molecule has 0 spiro atoms. The largest absolute Gasteiger partial charge is 0.481 e. The van der Waals surface area contributed by atoms with Crippen LogP contribution in [0.2, 0.25) is 0 Å². The average molecular weight is 290 g/mol. The summed E-state index contributed by atoms with van der Waals surface area (Å²) in [5, 5.41) is 8.94. The zero-order valence-electron chi connectivity index (χ0n) is 11.8. The first-order chi connectivity index (χ1) is 9.88. The van der Waals surface area contributed by atoms with E-state index < -0.39 is 11.7 Å². The van der Waals surface area contributed by atoms with E-state index in [0.29, 0.717) is 17.0 Å². The number of hydrogen-bond donors (Lipinski definition) is 1. The lowest BCUT2D eigenvalue weighted by Crippen LogP contribution is -2.28. The van der Waals surface area contributed by atoms with E-state index in [1.165, 1.54) is 16.7 Å². The van der Waals surface area contributed by atoms with Crippen LogP contribution < -0.4 is 5.69 Å². The molecule has 1 aromatic heterocycles. The quantitative estimate of drug-likeness (QED) is 0.929. The second-order valence-electron chi connectivity index (χ2n) is 4.83. The summed E-state index contributed by atoms with van der Waals surface area (Å²) >= 11 is 0. The summed E-state index contributed by atoms with van der Waals surface area (Å²) in [5.74, 6) is -1.33. The number of rotatable bonds is 4. The van der Waals surface area contributed by atoms with Gasteiger partial charge in [0.1, 0.15) is 5.82 Å². The number of halogens is 1. The predicted octanol–water partition coefficient (Wildman–Crippen LogP) is 1.67. The van der Waals surface area contributed by atoms with Gasteiger partial charge in [-0.3, -0.25) is 9.36 Å². The number of aliphatic carboxylic acids is 1. The van der Waals surface area contributed by atoms with E-state index in [9.17, 15) is 14.0 Å². The monoisotopic (exact) mass is 290 g/mol. The summed E-state index contributed by atoms with van der Waals surface area (Å²) in [5.41, 5.74) is 1.83. The summed E-state index contributed by atoms with van der Waals surface area (Å²) in [6.45, 7) is 3.54. The highest BCUT2D eigenvalue weighted by Gasteiger charge is 2.14. The van der Waals surface area contributed by atoms with E-state index in [-0.39, 0.29) is 18.8 Å². The van der Waals surface area contributed by atoms with Gasteiger partial charge in [0.25, 0.3) is 0 Å². The second kappa shape index (κ2) is 5.87. The molecule has 0 bridgehead atoms. The van der Waals surface area contributed by atoms with Crippen LogP contribution in [-0.2, 0) is 17.8 Å². The Balaban J connectivity index is 2.45. The van der Waals surface area contributed by atoms with Crippen molar-refractivity contribution in [3.8, 4) is 0 Å². The lowest BCUT2D eigenvalue weighted by Gasteiger charge is -2.14. The van der Waals surface area contributed by atoms with Crippen molar-refractivity contribution < 1.29 is 14.3 Å². The summed E-state index contributed by atoms with van der Waals surface area (Å²) in [7, 11) is 0. The summed E-state index contributed by atoms with van der Waals surface area (Å²) in [6.07, 6.45) is -0.186. The fourth-order valence-electron chi connectivity index (χ4n) is 2.21. The first kappa shape index (κ1) is 14.9. The second-order valence-corrected chi connectivity index (χ2v) is 4.83. The lowest BCUT2D eigenvalue weighted by atomic mass is 10.1. The van der Waals surface area contributed by atoms with Gasteiger partial charge in [-0.2, -0.15) is 4.98 Å². The molecule has 110 valence electrons. The lowest BCUT2D eigenvalue weighted by molar-refractivity contribution is -0.136. The molecule has 0 amide bonds. The molecule has 0 fully saturated rings. The molecular formula is C15H15FN2O3. The average Bonchev–Trinajstić information content (AvgIpc) is 2.41. The Kier molecular flexibility index (Phi) is 4.16. The van der Waals surface area contributed by atoms with Crippen molar-refractivity contribution in [3.63, 3.8) is 0 Å². The molecule has 0 radical (unpaired) electrons. The van der Waals surface area contributed by atoms with Gasteiger partial charge in [0.15, 0.2) is 0 Å². The van der Waals surface area contributed by atoms with Gasteiger partial charge in [0.2, 0.25) is 0 Å². The molecule has 1 aromatic carbocycles. The molecule has 0 aliphatic rings. The van der Waals surface area contributed by atoms with E-state index in [1.807, 2.05) is 0 Å². The zero-order valence-corrected chi connectivity index (χ0v) is 11.8. The van der Waals surface area contributed by atoms with Crippen LogP contribution in [0.5, 0.6) is 0 Å². The van der Waals surface area contributed by atoms with Crippen molar-refractivity contribution in [1.29, 1.82) is 0 Å². The predicted molar refractivity (Wildman–Crippen MR) is 74.8 cm³/mol. The van der Waals surface area contributed by atoms with Crippen LogP contribution in [0.4, 0.5) is 4.39 Å². The van der Waals surface area contributed by atoms with Gasteiger partial charge >= 0.3 is 11.7 Å². The van der Waals surface area contributed by atoms with Crippen LogP contribution >= 0.6 is 0 Å². The van der Waals surface area contributed by atoms with Crippen molar-refractivity contribution in [2.75, 3.05) is 0 Å². The van der Waals surface area contributed by atoms with Crippen LogP contribution in [0.1, 0.15) is 22.5 Å². The van der Waals surface area contributed by atoms with Gasteiger partial charge in [-0.1, -0.05) is 12.1 Å². The van der Waals surface area contributed by atoms with Gasteiger partial charge < -0.3 is 5.11 Å². The normalized spacial score (nSPS) is 10.6. The third-order valence-electron chi connectivity index (χ3n) is 3.35. The first-order valence-corrected chi connectivity index (χ1v) is 6.41. The van der Waals surface area contributed by atoms with Crippen molar-refractivity contribution in [3.05, 3.63) is 63.1 Å². The van der Waals surface area contributed by atoms with Crippen LogP contribution in [-0.4, -0.2) is 20.6 Å². The number of carboxylic acid groups (broad SMARTS) is 1. The fourth-order valence-corrected chi connectivity index (χ4v) is 2.21. The fraction of sp³-hybridized carbons (Fsp3) is 0.267. The third-order valence-corrected chi connectivity index (χ3v) is 3.35. The number of carboxylic acids is 1. The van der Waals surface area contributed by atoms with Crippen molar-refractivity contribution >= 4 is 5.97 Å². The number of aromatic nitrogens is 2. The molecule has 0 aliphatic heterocycles. The van der Waals surface area contributed by atoms with Gasteiger partial charge in [0.05, 0.1) is 13.0 Å². The van der Waals surface area contributed by atoms with E-state index in [1.54, 1.807) is 26.0 Å². The van der Waals surface area contributed by atoms with E-state index in [0.717, 1.165) is 5.56 Å². The molecule has 6 heteroatoms. The Hall–Kier alpha value is -2.50. The van der Waals surface area contributed by atoms with Gasteiger partial charge in [0, 0.05) is 17.0 Å². The molecule has 0 atom stereocenters. The Morgan fingerprint density at radius 3 is 2.48 bits per heavy atom. The maximum Gasteiger partial charge on any atom is 0.348 e. The molecule has 0 unspecified atom stereocenters. The number of carbonyl (C=O) groups is 1. The molecule has 2 aromatic rings. The Morgan fingerprint density at radius 2 is 1.90 bits per heavy atom. The van der Waals surface area contributed by atoms with Crippen LogP contribution in [0.15, 0.2) is 29.1 Å². The van der Waals surface area contributed by atoms with Gasteiger partial charge in [-0.25, -0.2) is 9.18 Å². The number of nitrogens with zero attached hydrogens (tertiary/aromatic N) is 2. The highest BCUT2D eigenvalue weighted by Crippen LogP contribution is 2.12. The summed E-state index contributed by atoms with van der Waals surface area (Å²) < 4.78 is 14.3. The smallest absolute Gasteiger partial charge is 0.348 e. The number of aryl methyl sites for hydroxylation is 1. The standard InChI is InChI=1S/C15H15FN2O3/c1-9-13(7-14(19)20)10(2)18(15(21)17-9)8-11-3-5-12(16)6-4-11/h3-6H,7-8H2,1-2H3,(H,19,20). The molecule has 0 saturated carbocycles. The topological polar surface area (TPSA) is 72.2 Å². The Bertz CT molecular complexity index is 736. The van der Waals surface area contributed by atoms with Crippen molar-refractivity contribution in [2.24, 2.45) is 0 Å². The molecule has 21 heavy (non-hydrogen) atoms. The minimum absolute atomic E-state index is 0.186. The number of hydrogen-bond acceptors (Lipinski definition) is 3. The molecule has 1 N–H and O–H groups in total. The van der Waals surface area contributed by atoms with Gasteiger partial charge in [-0.05, 0) is 31.5 Å². The minimum Gasteiger partial charge on any atom is -0.481 e. The molecule has 5 nitrogen and oxygen atoms in total. The SMILES string of the molecule is Cc1nc(=O)n(Cc2ccc(F)cc2)c(C)c1CC(=O)O. The maximum absolute atomic E-state index is 12.9. The Morgan fingerprint density at radius 1 is 1.29 bits per heavy atom. The van der Waals surface area contributed by atoms with Crippen molar-refractivity contribution in [2.45, 2.75) is 26.8 Å². The number of benzene rings is 1. The molecule has 0 aliphatic carbocycles. The molecule has 2 rings (SSSR count). The Labute approximate surface area is 120 Å².